The summed E-state index contributed by atoms with van der Waals surface area (Å²) in [6, 6.07) is 2.75. The van der Waals surface area contributed by atoms with Crippen molar-refractivity contribution in [2.45, 2.75) is 6.61 Å². The van der Waals surface area contributed by atoms with Crippen LogP contribution in [-0.2, 0) is 6.61 Å². The third kappa shape index (κ3) is 2.29. The first kappa shape index (κ1) is 10.7. The molecule has 6 heteroatoms. The number of halogens is 2. The zero-order chi connectivity index (χ0) is 10.0. The van der Waals surface area contributed by atoms with Gasteiger partial charge in [-0.05, 0) is 34.2 Å². The summed E-state index contributed by atoms with van der Waals surface area (Å²) >= 11 is 7.58. The smallest absolute Gasteiger partial charge is 0.288 e. The number of nitro groups is 1. The van der Waals surface area contributed by atoms with Crippen LogP contribution in [0.25, 0.3) is 0 Å². The SMILES string of the molecule is O=[N+]([O-])c1cc(CO)c(I)cc1Cl. The minimum absolute atomic E-state index is 0.0894. The van der Waals surface area contributed by atoms with Gasteiger partial charge in [-0.15, -0.1) is 0 Å². The Morgan fingerprint density at radius 2 is 2.23 bits per heavy atom. The van der Waals surface area contributed by atoms with Crippen LogP contribution >= 0.6 is 34.2 Å². The van der Waals surface area contributed by atoms with Crippen molar-refractivity contribution in [3.63, 3.8) is 0 Å². The van der Waals surface area contributed by atoms with Gasteiger partial charge in [0.05, 0.1) is 11.5 Å². The molecule has 0 heterocycles. The molecule has 70 valence electrons. The van der Waals surface area contributed by atoms with Crippen molar-refractivity contribution in [2.24, 2.45) is 0 Å². The number of nitrogens with zero attached hydrogens (tertiary/aromatic N) is 1. The molecular weight excluding hydrogens is 308 g/mol. The monoisotopic (exact) mass is 313 g/mol. The normalized spacial score (nSPS) is 10.1. The van der Waals surface area contributed by atoms with Crippen LogP contribution in [0.4, 0.5) is 5.69 Å². The van der Waals surface area contributed by atoms with Gasteiger partial charge in [-0.25, -0.2) is 0 Å². The lowest BCUT2D eigenvalue weighted by atomic mass is 10.2. The fraction of sp³-hybridized carbons (Fsp3) is 0.143. The summed E-state index contributed by atoms with van der Waals surface area (Å²) in [6.45, 7) is -0.226. The number of aliphatic hydroxyl groups excluding tert-OH is 1. The van der Waals surface area contributed by atoms with Crippen LogP contribution in [0.15, 0.2) is 12.1 Å². The Kier molecular flexibility index (Phi) is 3.46. The lowest BCUT2D eigenvalue weighted by Gasteiger charge is -2.01. The van der Waals surface area contributed by atoms with Crippen LogP contribution < -0.4 is 0 Å². The summed E-state index contributed by atoms with van der Waals surface area (Å²) in [5, 5.41) is 19.4. The van der Waals surface area contributed by atoms with Gasteiger partial charge < -0.3 is 5.11 Å². The molecule has 0 radical (unpaired) electrons. The highest BCUT2D eigenvalue weighted by Crippen LogP contribution is 2.28. The molecule has 1 aromatic carbocycles. The molecule has 0 saturated carbocycles. The largest absolute Gasteiger partial charge is 0.392 e. The molecule has 0 atom stereocenters. The van der Waals surface area contributed by atoms with E-state index in [0.717, 1.165) is 3.57 Å². The maximum absolute atomic E-state index is 10.4. The van der Waals surface area contributed by atoms with Gasteiger partial charge in [0.1, 0.15) is 5.02 Å². The minimum atomic E-state index is -0.572. The molecule has 13 heavy (non-hydrogen) atoms. The van der Waals surface area contributed by atoms with Crippen LogP contribution in [0.3, 0.4) is 0 Å². The first-order valence-corrected chi connectivity index (χ1v) is 4.75. The average molecular weight is 313 g/mol. The zero-order valence-electron chi connectivity index (χ0n) is 6.33. The van der Waals surface area contributed by atoms with Crippen LogP contribution in [0.5, 0.6) is 0 Å². The van der Waals surface area contributed by atoms with E-state index in [9.17, 15) is 10.1 Å². The van der Waals surface area contributed by atoms with Crippen molar-refractivity contribution in [1.82, 2.24) is 0 Å². The molecule has 0 bridgehead atoms. The fourth-order valence-corrected chi connectivity index (χ4v) is 1.90. The van der Waals surface area contributed by atoms with Crippen LogP contribution in [0, 0.1) is 13.7 Å². The molecule has 0 saturated heterocycles. The Hall–Kier alpha value is -0.400. The second kappa shape index (κ2) is 4.21. The highest BCUT2D eigenvalue weighted by Gasteiger charge is 2.14. The number of nitro benzene ring substituents is 1. The van der Waals surface area contributed by atoms with E-state index < -0.39 is 4.92 Å². The summed E-state index contributed by atoms with van der Waals surface area (Å²) in [5.41, 5.74) is 0.336. The molecule has 0 amide bonds. The van der Waals surface area contributed by atoms with Crippen LogP contribution in [0.2, 0.25) is 5.02 Å². The first-order chi connectivity index (χ1) is 6.06. The standard InChI is InChI=1S/C7H5ClINO3/c8-5-2-6(9)4(3-11)1-7(5)10(12)13/h1-2,11H,3H2. The molecule has 0 spiro atoms. The summed E-state index contributed by atoms with van der Waals surface area (Å²) in [4.78, 5) is 9.87. The Morgan fingerprint density at radius 3 is 2.69 bits per heavy atom. The highest BCUT2D eigenvalue weighted by molar-refractivity contribution is 14.1. The Morgan fingerprint density at radius 1 is 1.62 bits per heavy atom. The van der Waals surface area contributed by atoms with Crippen LogP contribution in [-0.4, -0.2) is 10.0 Å². The lowest BCUT2D eigenvalue weighted by Crippen LogP contribution is -1.94. The third-order valence-electron chi connectivity index (χ3n) is 1.48. The van der Waals surface area contributed by atoms with E-state index in [1.165, 1.54) is 12.1 Å². The van der Waals surface area contributed by atoms with Gasteiger partial charge in [-0.3, -0.25) is 10.1 Å². The van der Waals surface area contributed by atoms with Gasteiger partial charge in [0, 0.05) is 9.64 Å². The van der Waals surface area contributed by atoms with E-state index >= 15 is 0 Å². The van der Waals surface area contributed by atoms with Crippen molar-refractivity contribution < 1.29 is 10.0 Å². The highest BCUT2D eigenvalue weighted by atomic mass is 127. The second-order valence-electron chi connectivity index (χ2n) is 2.31. The molecule has 1 aromatic rings. The average Bonchev–Trinajstić information content (AvgIpc) is 2.03. The van der Waals surface area contributed by atoms with E-state index in [2.05, 4.69) is 0 Å². The number of hydrogen-bond acceptors (Lipinski definition) is 3. The minimum Gasteiger partial charge on any atom is -0.392 e. The first-order valence-electron chi connectivity index (χ1n) is 3.29. The maximum atomic E-state index is 10.4. The van der Waals surface area contributed by atoms with Crippen molar-refractivity contribution in [3.8, 4) is 0 Å². The predicted molar refractivity (Wildman–Crippen MR) is 56.7 cm³/mol. The van der Waals surface area contributed by atoms with E-state index in [4.69, 9.17) is 16.7 Å². The van der Waals surface area contributed by atoms with E-state index in [1.54, 1.807) is 0 Å². The maximum Gasteiger partial charge on any atom is 0.288 e. The quantitative estimate of drug-likeness (QED) is 0.518. The molecule has 0 aliphatic carbocycles. The Balaban J connectivity index is 3.30. The number of benzene rings is 1. The fourth-order valence-electron chi connectivity index (χ4n) is 0.842. The molecule has 0 aliphatic heterocycles. The van der Waals surface area contributed by atoms with Crippen molar-refractivity contribution in [3.05, 3.63) is 36.4 Å². The molecule has 0 aromatic heterocycles. The van der Waals surface area contributed by atoms with Gasteiger partial charge in [-0.2, -0.15) is 0 Å². The molecule has 1 rings (SSSR count). The van der Waals surface area contributed by atoms with E-state index in [-0.39, 0.29) is 17.3 Å². The summed E-state index contributed by atoms with van der Waals surface area (Å²) in [5.74, 6) is 0. The number of aliphatic hydroxyl groups is 1. The molecule has 1 N–H and O–H groups in total. The lowest BCUT2D eigenvalue weighted by molar-refractivity contribution is -0.384. The van der Waals surface area contributed by atoms with Gasteiger partial charge in [0.25, 0.3) is 5.69 Å². The van der Waals surface area contributed by atoms with Crippen molar-refractivity contribution >= 4 is 39.9 Å². The molecule has 0 fully saturated rings. The van der Waals surface area contributed by atoms with Gasteiger partial charge in [-0.1, -0.05) is 11.6 Å². The Labute approximate surface area is 92.8 Å². The summed E-state index contributed by atoms with van der Waals surface area (Å²) < 4.78 is 0.718. The van der Waals surface area contributed by atoms with Crippen molar-refractivity contribution in [2.75, 3.05) is 0 Å². The predicted octanol–water partition coefficient (Wildman–Crippen LogP) is 2.35. The Bertz CT molecular complexity index is 356. The van der Waals surface area contributed by atoms with Crippen molar-refractivity contribution in [1.29, 1.82) is 0 Å². The molecule has 0 unspecified atom stereocenters. The van der Waals surface area contributed by atoms with Gasteiger partial charge in [0.2, 0.25) is 0 Å². The second-order valence-corrected chi connectivity index (χ2v) is 3.88. The molecule has 4 nitrogen and oxygen atoms in total. The summed E-state index contributed by atoms with van der Waals surface area (Å²) in [6.07, 6.45) is 0. The van der Waals surface area contributed by atoms with Gasteiger partial charge >= 0.3 is 0 Å². The molecular formula is C7H5ClINO3. The number of hydrogen-bond donors (Lipinski definition) is 1. The summed E-state index contributed by atoms with van der Waals surface area (Å²) in [7, 11) is 0. The van der Waals surface area contributed by atoms with E-state index in [0.29, 0.717) is 5.56 Å². The topological polar surface area (TPSA) is 63.4 Å². The third-order valence-corrected chi connectivity index (χ3v) is 2.79. The van der Waals surface area contributed by atoms with Crippen LogP contribution in [0.1, 0.15) is 5.56 Å². The van der Waals surface area contributed by atoms with E-state index in [1.807, 2.05) is 22.6 Å². The van der Waals surface area contributed by atoms with Gasteiger partial charge in [0.15, 0.2) is 0 Å². The molecule has 0 aliphatic rings. The number of rotatable bonds is 2. The zero-order valence-corrected chi connectivity index (χ0v) is 9.24.